The fourth-order valence-corrected chi connectivity index (χ4v) is 5.53. The number of benzene rings is 3. The molecule has 3 heterocycles. The van der Waals surface area contributed by atoms with E-state index in [1.165, 1.54) is 6.33 Å². The smallest absolute Gasteiger partial charge is 0.263 e. The van der Waals surface area contributed by atoms with Gasteiger partial charge in [-0.05, 0) is 73.2 Å². The summed E-state index contributed by atoms with van der Waals surface area (Å²) in [6.07, 6.45) is 3.26. The number of hydrogen-bond donors (Lipinski definition) is 3. The lowest BCUT2D eigenvalue weighted by Gasteiger charge is -2.17. The van der Waals surface area contributed by atoms with E-state index >= 15 is 0 Å². The van der Waals surface area contributed by atoms with Crippen LogP contribution in [0.5, 0.6) is 5.75 Å². The van der Waals surface area contributed by atoms with Gasteiger partial charge in [-0.25, -0.2) is 14.4 Å². The number of aliphatic hydroxyl groups is 1. The van der Waals surface area contributed by atoms with Gasteiger partial charge in [-0.1, -0.05) is 61.9 Å². The maximum Gasteiger partial charge on any atom is 0.263 e. The Labute approximate surface area is 249 Å². The van der Waals surface area contributed by atoms with Crippen LogP contribution in [0.4, 0.5) is 0 Å². The molecule has 0 spiro atoms. The van der Waals surface area contributed by atoms with Crippen molar-refractivity contribution in [3.8, 4) is 22.6 Å². The number of nitrogens with one attached hydrogen (secondary N) is 2. The Morgan fingerprint density at radius 2 is 1.81 bits per heavy atom. The molecule has 1 fully saturated rings. The lowest BCUT2D eigenvalue weighted by molar-refractivity contribution is -0.110. The van der Waals surface area contributed by atoms with Gasteiger partial charge in [-0.2, -0.15) is 15.6 Å². The van der Waals surface area contributed by atoms with Gasteiger partial charge in [0.15, 0.2) is 0 Å². The molecule has 222 valence electrons. The van der Waals surface area contributed by atoms with Gasteiger partial charge in [0.25, 0.3) is 5.56 Å². The first kappa shape index (κ1) is 28.8. The highest BCUT2D eigenvalue weighted by molar-refractivity contribution is 5.68. The van der Waals surface area contributed by atoms with Crippen LogP contribution in [-0.4, -0.2) is 36.8 Å². The summed E-state index contributed by atoms with van der Waals surface area (Å²) in [5.41, 5.74) is 9.02. The van der Waals surface area contributed by atoms with Crippen molar-refractivity contribution >= 4 is 5.78 Å². The van der Waals surface area contributed by atoms with Crippen LogP contribution in [0.3, 0.4) is 0 Å². The molecule has 0 saturated carbocycles. The van der Waals surface area contributed by atoms with Gasteiger partial charge in [0.1, 0.15) is 18.2 Å². The second-order valence-electron chi connectivity index (χ2n) is 11.0. The van der Waals surface area contributed by atoms with E-state index in [-0.39, 0.29) is 17.8 Å². The zero-order chi connectivity index (χ0) is 29.9. The summed E-state index contributed by atoms with van der Waals surface area (Å²) >= 11 is 0. The predicted molar refractivity (Wildman–Crippen MR) is 164 cm³/mol. The van der Waals surface area contributed by atoms with Gasteiger partial charge < -0.3 is 9.84 Å². The highest BCUT2D eigenvalue weighted by Crippen LogP contribution is 2.30. The van der Waals surface area contributed by atoms with Gasteiger partial charge >= 0.3 is 0 Å². The number of aryl methyl sites for hydroxylation is 1. The number of fused-ring (bicyclic) bond motifs is 1. The van der Waals surface area contributed by atoms with Crippen molar-refractivity contribution in [1.29, 1.82) is 0 Å². The Morgan fingerprint density at radius 3 is 2.51 bits per heavy atom. The summed E-state index contributed by atoms with van der Waals surface area (Å²) in [6, 6.07) is 23.7. The third-order valence-corrected chi connectivity index (χ3v) is 7.55. The number of aromatic nitrogens is 4. The largest absolute Gasteiger partial charge is 0.491 e. The SMILES string of the molecule is CCCCc1c(Cc2ccc(-c3ccccc3C3NOC(O)N3)cc2)c(=O)n(-c2ccc(OC(C)C)cc2)c2ncnn12. The third kappa shape index (κ3) is 5.95. The van der Waals surface area contributed by atoms with Crippen molar-refractivity contribution in [3.05, 3.63) is 112 Å². The van der Waals surface area contributed by atoms with Crippen molar-refractivity contribution in [2.45, 2.75) is 65.1 Å². The van der Waals surface area contributed by atoms with Gasteiger partial charge in [-0.15, -0.1) is 0 Å². The average Bonchev–Trinajstić information content (AvgIpc) is 3.67. The van der Waals surface area contributed by atoms with E-state index in [4.69, 9.17) is 9.57 Å². The van der Waals surface area contributed by atoms with Crippen molar-refractivity contribution in [2.75, 3.05) is 0 Å². The number of ether oxygens (including phenoxy) is 1. The van der Waals surface area contributed by atoms with Crippen LogP contribution in [0.2, 0.25) is 0 Å². The lowest BCUT2D eigenvalue weighted by atomic mass is 9.95. The Bertz CT molecular complexity index is 1760. The van der Waals surface area contributed by atoms with Gasteiger partial charge in [0.05, 0.1) is 17.5 Å². The molecule has 2 aromatic heterocycles. The Morgan fingerprint density at radius 1 is 1.05 bits per heavy atom. The van der Waals surface area contributed by atoms with Crippen LogP contribution in [-0.2, 0) is 17.7 Å². The van der Waals surface area contributed by atoms with Crippen LogP contribution < -0.4 is 21.1 Å². The highest BCUT2D eigenvalue weighted by Gasteiger charge is 2.26. The maximum atomic E-state index is 14.2. The van der Waals surface area contributed by atoms with Crippen LogP contribution in [0.25, 0.3) is 22.6 Å². The Hall–Kier alpha value is -4.35. The van der Waals surface area contributed by atoms with Crippen molar-refractivity contribution in [2.24, 2.45) is 0 Å². The summed E-state index contributed by atoms with van der Waals surface area (Å²) in [6.45, 7) is 6.10. The summed E-state index contributed by atoms with van der Waals surface area (Å²) < 4.78 is 9.26. The second-order valence-corrected chi connectivity index (χ2v) is 11.0. The molecular formula is C33H36N6O4. The molecule has 0 radical (unpaired) electrons. The van der Waals surface area contributed by atoms with E-state index in [2.05, 4.69) is 52.1 Å². The first-order valence-corrected chi connectivity index (χ1v) is 14.7. The van der Waals surface area contributed by atoms with E-state index in [1.807, 2.05) is 66.9 Å². The van der Waals surface area contributed by atoms with Crippen LogP contribution >= 0.6 is 0 Å². The summed E-state index contributed by atoms with van der Waals surface area (Å²) in [7, 11) is 0. The molecule has 2 unspecified atom stereocenters. The molecule has 5 aromatic rings. The molecule has 10 heteroatoms. The van der Waals surface area contributed by atoms with Crippen molar-refractivity contribution < 1.29 is 14.7 Å². The molecule has 0 amide bonds. The number of aliphatic hydroxyl groups excluding tert-OH is 1. The highest BCUT2D eigenvalue weighted by atomic mass is 16.8. The molecule has 10 nitrogen and oxygen atoms in total. The Balaban J connectivity index is 1.37. The monoisotopic (exact) mass is 580 g/mol. The third-order valence-electron chi connectivity index (χ3n) is 7.55. The van der Waals surface area contributed by atoms with E-state index in [0.29, 0.717) is 23.4 Å². The number of nitrogens with zero attached hydrogens (tertiary/aromatic N) is 4. The summed E-state index contributed by atoms with van der Waals surface area (Å²) in [5, 5.41) is 17.3. The van der Waals surface area contributed by atoms with E-state index < -0.39 is 6.41 Å². The first-order chi connectivity index (χ1) is 20.9. The van der Waals surface area contributed by atoms with Gasteiger partial charge in [-0.3, -0.25) is 9.63 Å². The second kappa shape index (κ2) is 12.5. The maximum absolute atomic E-state index is 14.2. The molecule has 43 heavy (non-hydrogen) atoms. The fourth-order valence-electron chi connectivity index (χ4n) is 5.53. The minimum Gasteiger partial charge on any atom is -0.491 e. The quantitative estimate of drug-likeness (QED) is 0.218. The zero-order valence-corrected chi connectivity index (χ0v) is 24.5. The lowest BCUT2D eigenvalue weighted by Crippen LogP contribution is -2.28. The molecule has 0 bridgehead atoms. The first-order valence-electron chi connectivity index (χ1n) is 14.7. The molecule has 2 atom stereocenters. The molecule has 1 aliphatic heterocycles. The predicted octanol–water partition coefficient (Wildman–Crippen LogP) is 4.67. The van der Waals surface area contributed by atoms with Crippen LogP contribution in [0, 0.1) is 0 Å². The molecule has 3 aromatic carbocycles. The van der Waals surface area contributed by atoms with Crippen molar-refractivity contribution in [3.63, 3.8) is 0 Å². The molecule has 6 rings (SSSR count). The minimum atomic E-state index is -1.07. The number of hydrogen-bond acceptors (Lipinski definition) is 8. The number of rotatable bonds is 10. The summed E-state index contributed by atoms with van der Waals surface area (Å²) in [5.74, 6) is 1.24. The number of unbranched alkanes of at least 4 members (excludes halogenated alkanes) is 1. The van der Waals surface area contributed by atoms with E-state index in [0.717, 1.165) is 53.0 Å². The molecule has 1 saturated heterocycles. The topological polar surface area (TPSA) is 115 Å². The zero-order valence-electron chi connectivity index (χ0n) is 24.5. The fraction of sp³-hybridized carbons (Fsp3) is 0.303. The van der Waals surface area contributed by atoms with Crippen molar-refractivity contribution in [1.82, 2.24) is 30.0 Å². The van der Waals surface area contributed by atoms with Crippen LogP contribution in [0.1, 0.15) is 62.2 Å². The average molecular weight is 581 g/mol. The molecule has 0 aliphatic carbocycles. The number of hydroxylamine groups is 1. The Kier molecular flexibility index (Phi) is 8.35. The minimum absolute atomic E-state index is 0.0547. The van der Waals surface area contributed by atoms with Crippen LogP contribution in [0.15, 0.2) is 83.9 Å². The normalized spacial score (nSPS) is 16.8. The standard InChI is InChI=1S/C33H36N6O4/c1-4-5-10-29-28(31(40)38(32-34-20-35-39(29)32)24-15-17-25(18-16-24)42-21(2)3)19-22-11-13-23(14-12-22)26-8-6-7-9-27(26)30-36-33(41)43-37-30/h6-9,11-18,20-21,30,33,36-37,41H,4-5,10,19H2,1-3H3. The molecule has 1 aliphatic rings. The molecular weight excluding hydrogens is 544 g/mol. The van der Waals surface area contributed by atoms with Gasteiger partial charge in [0, 0.05) is 12.0 Å². The van der Waals surface area contributed by atoms with E-state index in [9.17, 15) is 9.90 Å². The summed E-state index contributed by atoms with van der Waals surface area (Å²) in [4.78, 5) is 23.8. The molecule has 3 N–H and O–H groups in total. The van der Waals surface area contributed by atoms with Gasteiger partial charge in [0.2, 0.25) is 12.2 Å². The van der Waals surface area contributed by atoms with E-state index in [1.54, 1.807) is 4.57 Å².